The molecule has 0 aromatic carbocycles. The summed E-state index contributed by atoms with van der Waals surface area (Å²) < 4.78 is 0. The molecule has 1 unspecified atom stereocenters. The van der Waals surface area contributed by atoms with Crippen LogP contribution in [0.2, 0.25) is 0 Å². The first-order valence-electron chi connectivity index (χ1n) is 6.57. The zero-order chi connectivity index (χ0) is 13.8. The van der Waals surface area contributed by atoms with Gasteiger partial charge in [0.1, 0.15) is 0 Å². The number of hydrogen-bond acceptors (Lipinski definition) is 4. The van der Waals surface area contributed by atoms with Crippen molar-refractivity contribution in [3.63, 3.8) is 0 Å². The van der Waals surface area contributed by atoms with Gasteiger partial charge in [0.25, 0.3) is 5.91 Å². The predicted octanol–water partition coefficient (Wildman–Crippen LogP) is 2.54. The molecule has 0 saturated heterocycles. The monoisotopic (exact) mass is 282 g/mol. The van der Waals surface area contributed by atoms with Crippen LogP contribution in [0.15, 0.2) is 5.38 Å². The van der Waals surface area contributed by atoms with Gasteiger partial charge in [-0.25, -0.2) is 9.78 Å². The number of aromatic nitrogens is 1. The van der Waals surface area contributed by atoms with Gasteiger partial charge in [0.15, 0.2) is 10.7 Å². The lowest BCUT2D eigenvalue weighted by Gasteiger charge is -2.27. The number of aromatic carboxylic acids is 1. The number of rotatable bonds is 4. The smallest absolute Gasteiger partial charge is 0.355 e. The second-order valence-corrected chi connectivity index (χ2v) is 5.86. The van der Waals surface area contributed by atoms with Crippen molar-refractivity contribution >= 4 is 23.2 Å². The van der Waals surface area contributed by atoms with Crippen LogP contribution in [0.1, 0.15) is 59.3 Å². The third-order valence-corrected chi connectivity index (χ3v) is 4.47. The van der Waals surface area contributed by atoms with Crippen molar-refractivity contribution in [1.29, 1.82) is 0 Å². The van der Waals surface area contributed by atoms with E-state index >= 15 is 0 Å². The van der Waals surface area contributed by atoms with Crippen LogP contribution in [-0.2, 0) is 0 Å². The number of carbonyl (C=O) groups excluding carboxylic acids is 1. The zero-order valence-electron chi connectivity index (χ0n) is 10.9. The first kappa shape index (κ1) is 14.0. The van der Waals surface area contributed by atoms with Gasteiger partial charge in [-0.05, 0) is 25.7 Å². The van der Waals surface area contributed by atoms with Gasteiger partial charge in [-0.3, -0.25) is 4.79 Å². The van der Waals surface area contributed by atoms with Gasteiger partial charge >= 0.3 is 5.97 Å². The minimum Gasteiger partial charge on any atom is -0.476 e. The third kappa shape index (κ3) is 3.53. The number of carbonyl (C=O) groups is 2. The van der Waals surface area contributed by atoms with E-state index in [9.17, 15) is 9.59 Å². The highest BCUT2D eigenvalue weighted by molar-refractivity contribution is 7.11. The number of carboxylic acids is 1. The maximum Gasteiger partial charge on any atom is 0.355 e. The molecule has 1 aliphatic carbocycles. The molecule has 0 aliphatic heterocycles. The summed E-state index contributed by atoms with van der Waals surface area (Å²) in [6.07, 6.45) is 6.04. The van der Waals surface area contributed by atoms with Crippen molar-refractivity contribution < 1.29 is 14.7 Å². The molecule has 1 aliphatic rings. The highest BCUT2D eigenvalue weighted by atomic mass is 32.1. The molecule has 0 radical (unpaired) electrons. The molecule has 1 aromatic rings. The lowest BCUT2D eigenvalue weighted by Crippen LogP contribution is -2.38. The van der Waals surface area contributed by atoms with Gasteiger partial charge in [0.2, 0.25) is 0 Å². The van der Waals surface area contributed by atoms with Crippen LogP contribution in [0, 0.1) is 5.92 Å². The van der Waals surface area contributed by atoms with E-state index in [1.807, 2.05) is 6.92 Å². The van der Waals surface area contributed by atoms with E-state index < -0.39 is 5.97 Å². The Kier molecular flexibility index (Phi) is 4.52. The molecule has 19 heavy (non-hydrogen) atoms. The lowest BCUT2D eigenvalue weighted by molar-refractivity contribution is 0.0691. The van der Waals surface area contributed by atoms with Crippen molar-refractivity contribution in [1.82, 2.24) is 10.3 Å². The van der Waals surface area contributed by atoms with Crippen molar-refractivity contribution in [2.75, 3.05) is 0 Å². The molecule has 1 heterocycles. The third-order valence-electron chi connectivity index (χ3n) is 3.63. The molecule has 1 saturated carbocycles. The Hall–Kier alpha value is -1.43. The number of hydrogen-bond donors (Lipinski definition) is 2. The molecule has 0 bridgehead atoms. The summed E-state index contributed by atoms with van der Waals surface area (Å²) in [7, 11) is 0. The van der Waals surface area contributed by atoms with Crippen LogP contribution in [0.4, 0.5) is 0 Å². The Morgan fingerprint density at radius 3 is 2.68 bits per heavy atom. The Labute approximate surface area is 116 Å². The SMILES string of the molecule is CC(NC(=O)c1nc(C(=O)O)cs1)C1CCCCC1. The Morgan fingerprint density at radius 1 is 1.42 bits per heavy atom. The maximum atomic E-state index is 12.0. The quantitative estimate of drug-likeness (QED) is 0.889. The maximum absolute atomic E-state index is 12.0. The van der Waals surface area contributed by atoms with E-state index in [2.05, 4.69) is 10.3 Å². The fourth-order valence-corrected chi connectivity index (χ4v) is 3.19. The van der Waals surface area contributed by atoms with E-state index in [-0.39, 0.29) is 22.7 Å². The molecule has 5 nitrogen and oxygen atoms in total. The summed E-state index contributed by atoms with van der Waals surface area (Å²) in [5, 5.41) is 13.3. The first-order valence-corrected chi connectivity index (χ1v) is 7.45. The van der Waals surface area contributed by atoms with Gasteiger partial charge in [0, 0.05) is 11.4 Å². The Bertz CT molecular complexity index is 466. The molecule has 2 rings (SSSR count). The van der Waals surface area contributed by atoms with Crippen molar-refractivity contribution in [2.45, 2.75) is 45.1 Å². The predicted molar refractivity (Wildman–Crippen MR) is 72.6 cm³/mol. The highest BCUT2D eigenvalue weighted by Crippen LogP contribution is 2.26. The van der Waals surface area contributed by atoms with Gasteiger partial charge in [-0.15, -0.1) is 11.3 Å². The van der Waals surface area contributed by atoms with Crippen LogP contribution in [-0.4, -0.2) is 28.0 Å². The summed E-state index contributed by atoms with van der Waals surface area (Å²) in [6, 6.07) is 0.116. The van der Waals surface area contributed by atoms with Gasteiger partial charge in [-0.1, -0.05) is 19.3 Å². The fourth-order valence-electron chi connectivity index (χ4n) is 2.50. The summed E-state index contributed by atoms with van der Waals surface area (Å²) >= 11 is 1.07. The number of thiazole rings is 1. The van der Waals surface area contributed by atoms with E-state index in [0.29, 0.717) is 5.92 Å². The number of amides is 1. The summed E-state index contributed by atoms with van der Waals surface area (Å²) in [5.74, 6) is -0.845. The molecule has 1 atom stereocenters. The van der Waals surface area contributed by atoms with E-state index in [1.165, 1.54) is 24.6 Å². The first-order chi connectivity index (χ1) is 9.08. The van der Waals surface area contributed by atoms with E-state index in [0.717, 1.165) is 24.2 Å². The molecule has 1 aromatic heterocycles. The number of nitrogens with zero attached hydrogens (tertiary/aromatic N) is 1. The van der Waals surface area contributed by atoms with Crippen LogP contribution >= 0.6 is 11.3 Å². The van der Waals surface area contributed by atoms with Crippen molar-refractivity contribution in [3.05, 3.63) is 16.1 Å². The molecule has 1 amide bonds. The second kappa shape index (κ2) is 6.14. The molecule has 1 fully saturated rings. The molecule has 0 spiro atoms. The highest BCUT2D eigenvalue weighted by Gasteiger charge is 2.23. The minimum atomic E-state index is -1.10. The van der Waals surface area contributed by atoms with Crippen LogP contribution < -0.4 is 5.32 Å². The van der Waals surface area contributed by atoms with E-state index in [1.54, 1.807) is 0 Å². The van der Waals surface area contributed by atoms with Crippen LogP contribution in [0.3, 0.4) is 0 Å². The molecule has 2 N–H and O–H groups in total. The average molecular weight is 282 g/mol. The Balaban J connectivity index is 1.93. The topological polar surface area (TPSA) is 79.3 Å². The molecular weight excluding hydrogens is 264 g/mol. The molecular formula is C13H18N2O3S. The minimum absolute atomic E-state index is 0.0690. The summed E-state index contributed by atoms with van der Waals surface area (Å²) in [6.45, 7) is 2.01. The van der Waals surface area contributed by atoms with Crippen molar-refractivity contribution in [3.8, 4) is 0 Å². The molecule has 104 valence electrons. The van der Waals surface area contributed by atoms with Crippen molar-refractivity contribution in [2.24, 2.45) is 5.92 Å². The standard InChI is InChI=1S/C13H18N2O3S/c1-8(9-5-3-2-4-6-9)14-11(16)12-15-10(7-19-12)13(17)18/h7-9H,2-6H2,1H3,(H,14,16)(H,17,18). The normalized spacial score (nSPS) is 17.9. The average Bonchev–Trinajstić information content (AvgIpc) is 2.89. The zero-order valence-corrected chi connectivity index (χ0v) is 11.7. The van der Waals surface area contributed by atoms with Crippen LogP contribution in [0.5, 0.6) is 0 Å². The largest absolute Gasteiger partial charge is 0.476 e. The number of carboxylic acid groups (broad SMARTS) is 1. The summed E-state index contributed by atoms with van der Waals surface area (Å²) in [5.41, 5.74) is -0.0690. The lowest BCUT2D eigenvalue weighted by atomic mass is 9.84. The van der Waals surface area contributed by atoms with Gasteiger partial charge in [0.05, 0.1) is 0 Å². The summed E-state index contributed by atoms with van der Waals surface area (Å²) in [4.78, 5) is 26.5. The molecule has 6 heteroatoms. The van der Waals surface area contributed by atoms with Crippen LogP contribution in [0.25, 0.3) is 0 Å². The fraction of sp³-hybridized carbons (Fsp3) is 0.615. The number of nitrogens with one attached hydrogen (secondary N) is 1. The van der Waals surface area contributed by atoms with E-state index in [4.69, 9.17) is 5.11 Å². The Morgan fingerprint density at radius 2 is 2.11 bits per heavy atom. The van der Waals surface area contributed by atoms with Gasteiger partial charge < -0.3 is 10.4 Å². The van der Waals surface area contributed by atoms with Gasteiger partial charge in [-0.2, -0.15) is 0 Å². The second-order valence-electron chi connectivity index (χ2n) is 5.00.